The second kappa shape index (κ2) is 10.2. The minimum Gasteiger partial charge on any atom is -0.387 e. The molecule has 2 fully saturated rings. The van der Waals surface area contributed by atoms with Gasteiger partial charge in [-0.2, -0.15) is 0 Å². The molecule has 1 amide bonds. The van der Waals surface area contributed by atoms with Crippen LogP contribution in [-0.2, 0) is 4.79 Å². The van der Waals surface area contributed by atoms with E-state index in [0.717, 1.165) is 42.1 Å². The molecular formula is C25H33ClN6O2. The molecule has 4 atom stereocenters. The average molecular weight is 485 g/mol. The van der Waals surface area contributed by atoms with Crippen LogP contribution in [0, 0.1) is 0 Å². The van der Waals surface area contributed by atoms with Crippen molar-refractivity contribution in [3.63, 3.8) is 0 Å². The molecule has 0 bridgehead atoms. The van der Waals surface area contributed by atoms with Gasteiger partial charge in [-0.3, -0.25) is 4.79 Å². The number of amides is 1. The van der Waals surface area contributed by atoms with Gasteiger partial charge < -0.3 is 25.5 Å². The lowest BCUT2D eigenvalue weighted by Gasteiger charge is -2.38. The van der Waals surface area contributed by atoms with Gasteiger partial charge in [-0.05, 0) is 43.0 Å². The van der Waals surface area contributed by atoms with Gasteiger partial charge in [0.25, 0.3) is 0 Å². The van der Waals surface area contributed by atoms with E-state index >= 15 is 0 Å². The van der Waals surface area contributed by atoms with E-state index in [2.05, 4.69) is 32.4 Å². The first-order valence-corrected chi connectivity index (χ1v) is 12.6. The number of carbonyl (C=O) groups excluding carboxylic acids is 1. The molecule has 2 aromatic rings. The van der Waals surface area contributed by atoms with Crippen LogP contribution in [0.25, 0.3) is 0 Å². The number of fused-ring (bicyclic) bond motifs is 1. The maximum absolute atomic E-state index is 13.7. The summed E-state index contributed by atoms with van der Waals surface area (Å²) in [5.41, 5.74) is 2.81. The van der Waals surface area contributed by atoms with Crippen molar-refractivity contribution in [2.75, 3.05) is 50.7 Å². The van der Waals surface area contributed by atoms with Crippen molar-refractivity contribution in [2.45, 2.75) is 43.7 Å². The number of rotatable bonds is 6. The standard InChI is InChI=1S/C25H33ClN6O2/c1-16-12-21(33)23-22(16)24(30-15-29-23)31-8-10-32(11-9-31)25(34)20(14-28-19-6-7-27-13-19)17-2-4-18(26)5-3-17/h2-5,15-16,19-21,27-28,33H,6-14H2,1H3/t16-,19?,20-,21-/m1/s1. The van der Waals surface area contributed by atoms with Gasteiger partial charge in [0.2, 0.25) is 5.91 Å². The van der Waals surface area contributed by atoms with E-state index in [1.54, 1.807) is 6.33 Å². The van der Waals surface area contributed by atoms with E-state index in [1.165, 1.54) is 0 Å². The number of piperazine rings is 1. The number of nitrogens with one attached hydrogen (secondary N) is 2. The fraction of sp³-hybridized carbons (Fsp3) is 0.560. The third-order valence-electron chi connectivity index (χ3n) is 7.41. The Kier molecular flexibility index (Phi) is 7.01. The van der Waals surface area contributed by atoms with Crippen LogP contribution < -0.4 is 15.5 Å². The number of halogens is 1. The Bertz CT molecular complexity index is 1000. The van der Waals surface area contributed by atoms with Gasteiger partial charge in [-0.15, -0.1) is 0 Å². The monoisotopic (exact) mass is 484 g/mol. The van der Waals surface area contributed by atoms with Crippen LogP contribution in [-0.4, -0.2) is 77.7 Å². The molecule has 3 aliphatic rings. The largest absolute Gasteiger partial charge is 0.387 e. The summed E-state index contributed by atoms with van der Waals surface area (Å²) in [5, 5.41) is 18.0. The summed E-state index contributed by atoms with van der Waals surface area (Å²) in [7, 11) is 0. The molecule has 0 radical (unpaired) electrons. The molecular weight excluding hydrogens is 452 g/mol. The summed E-state index contributed by atoms with van der Waals surface area (Å²) in [4.78, 5) is 26.8. The van der Waals surface area contributed by atoms with Crippen LogP contribution in [0.3, 0.4) is 0 Å². The molecule has 1 aromatic heterocycles. The first-order chi connectivity index (χ1) is 16.5. The number of hydrogen-bond donors (Lipinski definition) is 3. The molecule has 9 heteroatoms. The number of aliphatic hydroxyl groups excluding tert-OH is 1. The van der Waals surface area contributed by atoms with Crippen LogP contribution in [0.15, 0.2) is 30.6 Å². The summed E-state index contributed by atoms with van der Waals surface area (Å²) in [6.07, 6.45) is 2.80. The highest BCUT2D eigenvalue weighted by molar-refractivity contribution is 6.30. The molecule has 1 unspecified atom stereocenters. The van der Waals surface area contributed by atoms with E-state index in [1.807, 2.05) is 29.2 Å². The Morgan fingerprint density at radius 1 is 1.24 bits per heavy atom. The molecule has 3 heterocycles. The fourth-order valence-electron chi connectivity index (χ4n) is 5.47. The zero-order valence-corrected chi connectivity index (χ0v) is 20.3. The summed E-state index contributed by atoms with van der Waals surface area (Å²) in [5.74, 6) is 1.04. The highest BCUT2D eigenvalue weighted by Crippen LogP contribution is 2.42. The number of hydrogen-bond acceptors (Lipinski definition) is 7. The van der Waals surface area contributed by atoms with Crippen molar-refractivity contribution < 1.29 is 9.90 Å². The van der Waals surface area contributed by atoms with Crippen molar-refractivity contribution in [3.8, 4) is 0 Å². The molecule has 8 nitrogen and oxygen atoms in total. The Hall–Kier alpha value is -2.26. The summed E-state index contributed by atoms with van der Waals surface area (Å²) < 4.78 is 0. The highest BCUT2D eigenvalue weighted by atomic mass is 35.5. The lowest BCUT2D eigenvalue weighted by molar-refractivity contribution is -0.133. The number of aromatic nitrogens is 2. The van der Waals surface area contributed by atoms with E-state index in [0.29, 0.717) is 50.2 Å². The summed E-state index contributed by atoms with van der Waals surface area (Å²) >= 11 is 6.11. The van der Waals surface area contributed by atoms with Gasteiger partial charge in [-0.25, -0.2) is 9.97 Å². The van der Waals surface area contributed by atoms with Crippen molar-refractivity contribution in [2.24, 2.45) is 0 Å². The van der Waals surface area contributed by atoms with Crippen LogP contribution in [0.1, 0.15) is 54.5 Å². The van der Waals surface area contributed by atoms with Crippen LogP contribution in [0.2, 0.25) is 5.02 Å². The Balaban J connectivity index is 1.28. The number of carbonyl (C=O) groups is 1. The number of nitrogens with zero attached hydrogens (tertiary/aromatic N) is 4. The maximum atomic E-state index is 13.7. The molecule has 0 spiro atoms. The molecule has 3 N–H and O–H groups in total. The molecule has 0 saturated carbocycles. The van der Waals surface area contributed by atoms with Crippen molar-refractivity contribution >= 4 is 23.3 Å². The summed E-state index contributed by atoms with van der Waals surface area (Å²) in [6, 6.07) is 8.05. The van der Waals surface area contributed by atoms with E-state index in [-0.39, 0.29) is 17.7 Å². The SMILES string of the molecule is C[C@@H]1C[C@@H](O)c2ncnc(N3CCN(C(=O)[C@H](CNC4CCNC4)c4ccc(Cl)cc4)CC3)c21. The van der Waals surface area contributed by atoms with Crippen LogP contribution in [0.4, 0.5) is 5.82 Å². The molecule has 182 valence electrons. The van der Waals surface area contributed by atoms with Crippen molar-refractivity contribution in [1.82, 2.24) is 25.5 Å². The zero-order chi connectivity index (χ0) is 23.7. The number of anilines is 1. The molecule has 1 aromatic carbocycles. The van der Waals surface area contributed by atoms with E-state index in [9.17, 15) is 9.90 Å². The number of aliphatic hydroxyl groups is 1. The highest BCUT2D eigenvalue weighted by Gasteiger charge is 2.35. The maximum Gasteiger partial charge on any atom is 0.231 e. The first kappa shape index (κ1) is 23.5. The predicted octanol–water partition coefficient (Wildman–Crippen LogP) is 2.05. The topological polar surface area (TPSA) is 93.6 Å². The van der Waals surface area contributed by atoms with Gasteiger partial charge in [0.15, 0.2) is 0 Å². The molecule has 2 saturated heterocycles. The van der Waals surface area contributed by atoms with Crippen molar-refractivity contribution in [3.05, 3.63) is 52.4 Å². The van der Waals surface area contributed by atoms with Crippen LogP contribution in [0.5, 0.6) is 0 Å². The van der Waals surface area contributed by atoms with Crippen molar-refractivity contribution in [1.29, 1.82) is 0 Å². The molecule has 1 aliphatic carbocycles. The normalized spacial score (nSPS) is 25.4. The minimum atomic E-state index is -0.516. The van der Waals surface area contributed by atoms with Gasteiger partial charge >= 0.3 is 0 Å². The van der Waals surface area contributed by atoms with E-state index in [4.69, 9.17) is 11.6 Å². The smallest absolute Gasteiger partial charge is 0.231 e. The second-order valence-electron chi connectivity index (χ2n) is 9.66. The average Bonchev–Trinajstić information content (AvgIpc) is 3.48. The number of benzene rings is 1. The van der Waals surface area contributed by atoms with Gasteiger partial charge in [-0.1, -0.05) is 30.7 Å². The predicted molar refractivity (Wildman–Crippen MR) is 132 cm³/mol. The van der Waals surface area contributed by atoms with Crippen LogP contribution >= 0.6 is 11.6 Å². The first-order valence-electron chi connectivity index (χ1n) is 12.3. The third-order valence-corrected chi connectivity index (χ3v) is 7.66. The third kappa shape index (κ3) is 4.77. The Labute approximate surface area is 205 Å². The lowest BCUT2D eigenvalue weighted by Crippen LogP contribution is -2.51. The quantitative estimate of drug-likeness (QED) is 0.577. The van der Waals surface area contributed by atoms with Gasteiger partial charge in [0, 0.05) is 55.9 Å². The summed E-state index contributed by atoms with van der Waals surface area (Å²) in [6.45, 7) is 7.40. The zero-order valence-electron chi connectivity index (χ0n) is 19.6. The molecule has 5 rings (SSSR count). The second-order valence-corrected chi connectivity index (χ2v) is 10.1. The Morgan fingerprint density at radius 3 is 2.71 bits per heavy atom. The van der Waals surface area contributed by atoms with Gasteiger partial charge in [0.1, 0.15) is 12.1 Å². The minimum absolute atomic E-state index is 0.150. The Morgan fingerprint density at radius 2 is 2.00 bits per heavy atom. The van der Waals surface area contributed by atoms with E-state index < -0.39 is 6.10 Å². The van der Waals surface area contributed by atoms with Gasteiger partial charge in [0.05, 0.1) is 17.7 Å². The molecule has 2 aliphatic heterocycles. The fourth-order valence-corrected chi connectivity index (χ4v) is 5.60. The molecule has 34 heavy (non-hydrogen) atoms. The lowest BCUT2D eigenvalue weighted by atomic mass is 9.96.